The first kappa shape index (κ1) is 11.4. The summed E-state index contributed by atoms with van der Waals surface area (Å²) < 4.78 is 18.4. The first-order valence-corrected chi connectivity index (χ1v) is 5.41. The van der Waals surface area contributed by atoms with Gasteiger partial charge < -0.3 is 10.5 Å². The van der Waals surface area contributed by atoms with Crippen LogP contribution in [-0.4, -0.2) is 42.2 Å². The number of pyridine rings is 1. The molecule has 0 aromatic carbocycles. The molecular weight excluding hydrogens is 209 g/mol. The second-order valence-corrected chi connectivity index (χ2v) is 3.98. The lowest BCUT2D eigenvalue weighted by Crippen LogP contribution is -2.45. The fourth-order valence-electron chi connectivity index (χ4n) is 1.87. The molecule has 0 spiro atoms. The van der Waals surface area contributed by atoms with E-state index in [0.717, 1.165) is 18.7 Å². The summed E-state index contributed by atoms with van der Waals surface area (Å²) in [5.74, 6) is -0.291. The number of morpholine rings is 1. The largest absolute Gasteiger partial charge is 0.374 e. The molecule has 2 N–H and O–H groups in total. The number of nitrogens with zero attached hydrogens (tertiary/aromatic N) is 2. The molecule has 2 heterocycles. The van der Waals surface area contributed by atoms with Crippen molar-refractivity contribution in [1.29, 1.82) is 0 Å². The van der Waals surface area contributed by atoms with Crippen molar-refractivity contribution in [2.75, 3.05) is 26.2 Å². The number of rotatable bonds is 3. The predicted molar refractivity (Wildman–Crippen MR) is 58.3 cm³/mol. The van der Waals surface area contributed by atoms with E-state index < -0.39 is 0 Å². The van der Waals surface area contributed by atoms with Gasteiger partial charge in [0.05, 0.1) is 18.9 Å². The highest BCUT2D eigenvalue weighted by Crippen LogP contribution is 2.10. The molecule has 1 aromatic heterocycles. The predicted octanol–water partition coefficient (Wildman–Crippen LogP) is 0.380. The van der Waals surface area contributed by atoms with Gasteiger partial charge >= 0.3 is 0 Å². The Morgan fingerprint density at radius 3 is 3.19 bits per heavy atom. The van der Waals surface area contributed by atoms with Crippen LogP contribution < -0.4 is 5.73 Å². The smallest absolute Gasteiger partial charge is 0.141 e. The lowest BCUT2D eigenvalue weighted by molar-refractivity contribution is -0.0260. The van der Waals surface area contributed by atoms with Crippen molar-refractivity contribution in [3.05, 3.63) is 29.8 Å². The van der Waals surface area contributed by atoms with Gasteiger partial charge in [0.25, 0.3) is 0 Å². The maximum Gasteiger partial charge on any atom is 0.141 e. The number of hydrogen-bond donors (Lipinski definition) is 1. The van der Waals surface area contributed by atoms with Crippen LogP contribution in [0, 0.1) is 5.82 Å². The van der Waals surface area contributed by atoms with E-state index in [1.807, 2.05) is 0 Å². The molecule has 0 aliphatic carbocycles. The minimum absolute atomic E-state index is 0.0928. The Labute approximate surface area is 94.2 Å². The summed E-state index contributed by atoms with van der Waals surface area (Å²) in [6.45, 7) is 3.56. The van der Waals surface area contributed by atoms with Gasteiger partial charge in [-0.25, -0.2) is 4.39 Å². The third-order valence-electron chi connectivity index (χ3n) is 2.65. The van der Waals surface area contributed by atoms with Crippen LogP contribution in [0.4, 0.5) is 4.39 Å². The molecule has 1 fully saturated rings. The van der Waals surface area contributed by atoms with Gasteiger partial charge in [0.15, 0.2) is 0 Å². The summed E-state index contributed by atoms with van der Waals surface area (Å²) in [6.07, 6.45) is 3.00. The zero-order chi connectivity index (χ0) is 11.4. The summed E-state index contributed by atoms with van der Waals surface area (Å²) in [5.41, 5.74) is 6.45. The third-order valence-corrected chi connectivity index (χ3v) is 2.65. The highest BCUT2D eigenvalue weighted by molar-refractivity contribution is 5.10. The molecule has 4 nitrogen and oxygen atoms in total. The lowest BCUT2D eigenvalue weighted by Gasteiger charge is -2.32. The Bertz CT molecular complexity index is 348. The summed E-state index contributed by atoms with van der Waals surface area (Å²) in [5, 5.41) is 0. The van der Waals surface area contributed by atoms with E-state index in [2.05, 4.69) is 9.88 Å². The second-order valence-electron chi connectivity index (χ2n) is 3.98. The van der Waals surface area contributed by atoms with E-state index in [-0.39, 0.29) is 11.9 Å². The fraction of sp³-hybridized carbons (Fsp3) is 0.545. The van der Waals surface area contributed by atoms with Crippen molar-refractivity contribution in [1.82, 2.24) is 9.88 Å². The zero-order valence-corrected chi connectivity index (χ0v) is 9.10. The van der Waals surface area contributed by atoms with Crippen LogP contribution >= 0.6 is 0 Å². The summed E-state index contributed by atoms with van der Waals surface area (Å²) >= 11 is 0. The van der Waals surface area contributed by atoms with Crippen LogP contribution in [0.25, 0.3) is 0 Å². The van der Waals surface area contributed by atoms with Gasteiger partial charge in [-0.1, -0.05) is 0 Å². The second kappa shape index (κ2) is 5.34. The van der Waals surface area contributed by atoms with Gasteiger partial charge in [-0.05, 0) is 11.6 Å². The number of aromatic nitrogens is 1. The molecule has 1 saturated heterocycles. The van der Waals surface area contributed by atoms with Gasteiger partial charge in [0, 0.05) is 32.4 Å². The quantitative estimate of drug-likeness (QED) is 0.808. The maximum absolute atomic E-state index is 12.9. The molecular formula is C11H16FN3O. The van der Waals surface area contributed by atoms with E-state index in [1.165, 1.54) is 12.3 Å². The molecule has 5 heteroatoms. The molecule has 1 aliphatic rings. The van der Waals surface area contributed by atoms with Gasteiger partial charge in [-0.3, -0.25) is 9.88 Å². The van der Waals surface area contributed by atoms with E-state index in [4.69, 9.17) is 10.5 Å². The molecule has 16 heavy (non-hydrogen) atoms. The first-order chi connectivity index (χ1) is 7.78. The highest BCUT2D eigenvalue weighted by Gasteiger charge is 2.19. The Balaban J connectivity index is 1.94. The van der Waals surface area contributed by atoms with Crippen LogP contribution in [0.5, 0.6) is 0 Å². The highest BCUT2D eigenvalue weighted by atomic mass is 19.1. The summed E-state index contributed by atoms with van der Waals surface area (Å²) in [4.78, 5) is 6.04. The van der Waals surface area contributed by atoms with Crippen molar-refractivity contribution in [2.45, 2.75) is 12.6 Å². The summed E-state index contributed by atoms with van der Waals surface area (Å²) in [7, 11) is 0. The van der Waals surface area contributed by atoms with E-state index >= 15 is 0 Å². The van der Waals surface area contributed by atoms with E-state index in [1.54, 1.807) is 6.20 Å². The molecule has 88 valence electrons. The lowest BCUT2D eigenvalue weighted by atomic mass is 10.2. The Morgan fingerprint density at radius 1 is 1.56 bits per heavy atom. The van der Waals surface area contributed by atoms with Crippen molar-refractivity contribution >= 4 is 0 Å². The zero-order valence-electron chi connectivity index (χ0n) is 9.10. The Morgan fingerprint density at radius 2 is 2.44 bits per heavy atom. The van der Waals surface area contributed by atoms with Crippen LogP contribution in [0.15, 0.2) is 18.5 Å². The number of nitrogens with two attached hydrogens (primary N) is 1. The number of hydrogen-bond acceptors (Lipinski definition) is 4. The molecule has 0 amide bonds. The molecule has 0 saturated carbocycles. The van der Waals surface area contributed by atoms with Crippen molar-refractivity contribution in [3.8, 4) is 0 Å². The van der Waals surface area contributed by atoms with Gasteiger partial charge in [-0.2, -0.15) is 0 Å². The van der Waals surface area contributed by atoms with Crippen molar-refractivity contribution in [3.63, 3.8) is 0 Å². The van der Waals surface area contributed by atoms with Gasteiger partial charge in [-0.15, -0.1) is 0 Å². The van der Waals surface area contributed by atoms with Crippen molar-refractivity contribution in [2.24, 2.45) is 5.73 Å². The maximum atomic E-state index is 12.9. The molecule has 1 unspecified atom stereocenters. The third kappa shape index (κ3) is 2.98. The molecule has 1 aromatic rings. The Hall–Kier alpha value is -1.04. The monoisotopic (exact) mass is 225 g/mol. The number of ether oxygens (including phenoxy) is 1. The van der Waals surface area contributed by atoms with Gasteiger partial charge in [0.1, 0.15) is 5.82 Å². The van der Waals surface area contributed by atoms with Crippen LogP contribution in [0.1, 0.15) is 5.56 Å². The normalized spacial score (nSPS) is 22.2. The average Bonchev–Trinajstić information content (AvgIpc) is 2.29. The van der Waals surface area contributed by atoms with Crippen LogP contribution in [-0.2, 0) is 11.3 Å². The standard InChI is InChI=1S/C11H16FN3O/c12-10-3-9(5-14-6-10)7-15-1-2-16-11(4-13)8-15/h3,5-6,11H,1-2,4,7-8,13H2. The van der Waals surface area contributed by atoms with Gasteiger partial charge in [0.2, 0.25) is 0 Å². The SMILES string of the molecule is NCC1CN(Cc2cncc(F)c2)CCO1. The molecule has 2 rings (SSSR count). The number of halogens is 1. The van der Waals surface area contributed by atoms with Crippen LogP contribution in [0.2, 0.25) is 0 Å². The fourth-order valence-corrected chi connectivity index (χ4v) is 1.87. The molecule has 0 radical (unpaired) electrons. The van der Waals surface area contributed by atoms with Crippen molar-refractivity contribution < 1.29 is 9.13 Å². The van der Waals surface area contributed by atoms with E-state index in [0.29, 0.717) is 19.7 Å². The first-order valence-electron chi connectivity index (χ1n) is 5.41. The minimum Gasteiger partial charge on any atom is -0.374 e. The van der Waals surface area contributed by atoms with E-state index in [9.17, 15) is 4.39 Å². The minimum atomic E-state index is -0.291. The molecule has 0 bridgehead atoms. The van der Waals surface area contributed by atoms with Crippen LogP contribution in [0.3, 0.4) is 0 Å². The average molecular weight is 225 g/mol. The molecule has 1 atom stereocenters. The Kier molecular flexibility index (Phi) is 3.82. The topological polar surface area (TPSA) is 51.4 Å². The molecule has 1 aliphatic heterocycles. The summed E-state index contributed by atoms with van der Waals surface area (Å²) in [6, 6.07) is 1.51.